The van der Waals surface area contributed by atoms with Crippen LogP contribution in [0.25, 0.3) is 11.2 Å². The van der Waals surface area contributed by atoms with Gasteiger partial charge in [-0.2, -0.15) is 0 Å². The molecule has 0 aliphatic carbocycles. The zero-order valence-electron chi connectivity index (χ0n) is 10.3. The van der Waals surface area contributed by atoms with Crippen LogP contribution in [0.15, 0.2) is 30.6 Å². The van der Waals surface area contributed by atoms with Gasteiger partial charge in [-0.05, 0) is 47.2 Å². The highest BCUT2D eigenvalue weighted by Crippen LogP contribution is 2.17. The molecule has 3 rings (SSSR count). The number of rotatable bonds is 3. The Morgan fingerprint density at radius 3 is 3.05 bits per heavy atom. The van der Waals surface area contributed by atoms with Crippen LogP contribution in [0.5, 0.6) is 0 Å². The van der Waals surface area contributed by atoms with E-state index >= 15 is 0 Å². The van der Waals surface area contributed by atoms with Crippen LogP contribution in [0.1, 0.15) is 11.4 Å². The van der Waals surface area contributed by atoms with Gasteiger partial charge in [0.1, 0.15) is 11.3 Å². The molecular formula is C13H12IN5. The van der Waals surface area contributed by atoms with Crippen LogP contribution >= 0.6 is 22.6 Å². The Kier molecular flexibility index (Phi) is 3.33. The molecule has 0 bridgehead atoms. The average Bonchev–Trinajstić information content (AvgIpc) is 2.84. The predicted molar refractivity (Wildman–Crippen MR) is 82.9 cm³/mol. The second-order valence-corrected chi connectivity index (χ2v) is 5.45. The third-order valence-electron chi connectivity index (χ3n) is 2.75. The summed E-state index contributed by atoms with van der Waals surface area (Å²) in [4.78, 5) is 15.9. The van der Waals surface area contributed by atoms with Gasteiger partial charge < -0.3 is 10.3 Å². The van der Waals surface area contributed by atoms with E-state index in [4.69, 9.17) is 0 Å². The number of imidazole rings is 1. The van der Waals surface area contributed by atoms with E-state index in [0.717, 1.165) is 17.9 Å². The van der Waals surface area contributed by atoms with Crippen LogP contribution in [-0.4, -0.2) is 19.9 Å². The van der Waals surface area contributed by atoms with E-state index in [9.17, 15) is 0 Å². The van der Waals surface area contributed by atoms with Crippen molar-refractivity contribution >= 4 is 39.6 Å². The molecule has 0 amide bonds. The summed E-state index contributed by atoms with van der Waals surface area (Å²) in [5.41, 5.74) is 2.75. The SMILES string of the molecule is Cc1nc(NCc2cccc(I)c2)c2[nH]cnc2n1. The first kappa shape index (κ1) is 12.3. The normalized spacial score (nSPS) is 10.8. The Bertz CT molecular complexity index is 722. The standard InChI is InChI=1S/C13H12IN5/c1-8-18-12(11-13(19-8)17-7-16-11)15-6-9-3-2-4-10(14)5-9/h2-5,7H,6H2,1H3,(H2,15,16,17,18,19). The lowest BCUT2D eigenvalue weighted by Gasteiger charge is -2.07. The number of nitrogens with one attached hydrogen (secondary N) is 2. The number of hydrogen-bond acceptors (Lipinski definition) is 4. The lowest BCUT2D eigenvalue weighted by Crippen LogP contribution is -2.04. The van der Waals surface area contributed by atoms with E-state index in [0.29, 0.717) is 11.5 Å². The lowest BCUT2D eigenvalue weighted by molar-refractivity contribution is 1.04. The maximum Gasteiger partial charge on any atom is 0.183 e. The number of aryl methyl sites for hydroxylation is 1. The number of benzene rings is 1. The third kappa shape index (κ3) is 2.67. The van der Waals surface area contributed by atoms with Crippen LogP contribution in [0.4, 0.5) is 5.82 Å². The molecule has 96 valence electrons. The van der Waals surface area contributed by atoms with Gasteiger partial charge in [-0.25, -0.2) is 15.0 Å². The molecule has 2 aromatic heterocycles. The number of anilines is 1. The van der Waals surface area contributed by atoms with E-state index in [1.165, 1.54) is 9.13 Å². The van der Waals surface area contributed by atoms with Crippen LogP contribution in [0.2, 0.25) is 0 Å². The van der Waals surface area contributed by atoms with Gasteiger partial charge in [0.05, 0.1) is 6.33 Å². The van der Waals surface area contributed by atoms with E-state index < -0.39 is 0 Å². The van der Waals surface area contributed by atoms with Crippen molar-refractivity contribution in [1.29, 1.82) is 0 Å². The van der Waals surface area contributed by atoms with Gasteiger partial charge in [0.25, 0.3) is 0 Å². The van der Waals surface area contributed by atoms with Crippen molar-refractivity contribution in [3.05, 3.63) is 45.6 Å². The van der Waals surface area contributed by atoms with Crippen LogP contribution in [0.3, 0.4) is 0 Å². The van der Waals surface area contributed by atoms with Gasteiger partial charge in [0.15, 0.2) is 11.5 Å². The summed E-state index contributed by atoms with van der Waals surface area (Å²) in [6.45, 7) is 2.59. The van der Waals surface area contributed by atoms with Crippen molar-refractivity contribution in [2.75, 3.05) is 5.32 Å². The Hall–Kier alpha value is -1.70. The highest BCUT2D eigenvalue weighted by molar-refractivity contribution is 14.1. The molecule has 0 unspecified atom stereocenters. The summed E-state index contributed by atoms with van der Waals surface area (Å²) >= 11 is 2.31. The fourth-order valence-corrected chi connectivity index (χ4v) is 2.51. The molecular weight excluding hydrogens is 353 g/mol. The summed E-state index contributed by atoms with van der Waals surface area (Å²) in [5, 5.41) is 3.33. The van der Waals surface area contributed by atoms with Crippen molar-refractivity contribution in [1.82, 2.24) is 19.9 Å². The molecule has 0 saturated carbocycles. The van der Waals surface area contributed by atoms with Gasteiger partial charge in [-0.1, -0.05) is 12.1 Å². The number of aromatic nitrogens is 4. The minimum atomic E-state index is 0.692. The maximum atomic E-state index is 4.42. The fraction of sp³-hybridized carbons (Fsp3) is 0.154. The summed E-state index contributed by atoms with van der Waals surface area (Å²) in [7, 11) is 0. The number of hydrogen-bond donors (Lipinski definition) is 2. The van der Waals surface area contributed by atoms with Gasteiger partial charge in [0, 0.05) is 10.1 Å². The predicted octanol–water partition coefficient (Wildman–Crippen LogP) is 2.88. The fourth-order valence-electron chi connectivity index (χ4n) is 1.90. The van der Waals surface area contributed by atoms with Crippen molar-refractivity contribution in [3.8, 4) is 0 Å². The minimum Gasteiger partial charge on any atom is -0.364 e. The van der Waals surface area contributed by atoms with Crippen molar-refractivity contribution in [3.63, 3.8) is 0 Å². The third-order valence-corrected chi connectivity index (χ3v) is 3.42. The molecule has 0 aliphatic rings. The Morgan fingerprint density at radius 1 is 1.32 bits per heavy atom. The Labute approximate surface area is 124 Å². The van der Waals surface area contributed by atoms with Gasteiger partial charge in [-0.3, -0.25) is 0 Å². The van der Waals surface area contributed by atoms with Crippen molar-refractivity contribution in [2.24, 2.45) is 0 Å². The van der Waals surface area contributed by atoms with E-state index in [2.05, 4.69) is 72.1 Å². The van der Waals surface area contributed by atoms with Crippen LogP contribution < -0.4 is 5.32 Å². The number of fused-ring (bicyclic) bond motifs is 1. The number of aromatic amines is 1. The smallest absolute Gasteiger partial charge is 0.183 e. The summed E-state index contributed by atoms with van der Waals surface area (Å²) in [6, 6.07) is 8.36. The topological polar surface area (TPSA) is 66.5 Å². The lowest BCUT2D eigenvalue weighted by atomic mass is 10.2. The molecule has 19 heavy (non-hydrogen) atoms. The molecule has 0 saturated heterocycles. The molecule has 0 atom stereocenters. The number of nitrogens with zero attached hydrogens (tertiary/aromatic N) is 3. The molecule has 6 heteroatoms. The Morgan fingerprint density at radius 2 is 2.21 bits per heavy atom. The van der Waals surface area contributed by atoms with Crippen molar-refractivity contribution < 1.29 is 0 Å². The summed E-state index contributed by atoms with van der Waals surface area (Å²) < 4.78 is 1.22. The van der Waals surface area contributed by atoms with E-state index in [-0.39, 0.29) is 0 Å². The number of halogens is 1. The molecule has 1 aromatic carbocycles. The highest BCUT2D eigenvalue weighted by atomic mass is 127. The summed E-state index contributed by atoms with van der Waals surface area (Å²) in [6.07, 6.45) is 1.63. The largest absolute Gasteiger partial charge is 0.364 e. The number of H-pyrrole nitrogens is 1. The second kappa shape index (κ2) is 5.12. The van der Waals surface area contributed by atoms with Crippen LogP contribution in [-0.2, 0) is 6.54 Å². The van der Waals surface area contributed by atoms with Gasteiger partial charge in [0.2, 0.25) is 0 Å². The highest BCUT2D eigenvalue weighted by Gasteiger charge is 2.07. The quantitative estimate of drug-likeness (QED) is 0.701. The molecule has 5 nitrogen and oxygen atoms in total. The minimum absolute atomic E-state index is 0.692. The maximum absolute atomic E-state index is 4.42. The molecule has 0 spiro atoms. The van der Waals surface area contributed by atoms with Crippen molar-refractivity contribution in [2.45, 2.75) is 13.5 Å². The monoisotopic (exact) mass is 365 g/mol. The first-order valence-corrected chi connectivity index (χ1v) is 6.96. The first-order chi connectivity index (χ1) is 9.22. The Balaban J connectivity index is 1.87. The van der Waals surface area contributed by atoms with E-state index in [1.807, 2.05) is 6.92 Å². The summed E-state index contributed by atoms with van der Waals surface area (Å²) in [5.74, 6) is 1.50. The van der Waals surface area contributed by atoms with Crippen LogP contribution in [0, 0.1) is 10.5 Å². The molecule has 2 N–H and O–H groups in total. The molecule has 0 radical (unpaired) electrons. The molecule has 0 aliphatic heterocycles. The zero-order valence-corrected chi connectivity index (χ0v) is 12.5. The molecule has 0 fully saturated rings. The first-order valence-electron chi connectivity index (χ1n) is 5.88. The van der Waals surface area contributed by atoms with E-state index in [1.54, 1.807) is 6.33 Å². The van der Waals surface area contributed by atoms with Gasteiger partial charge in [-0.15, -0.1) is 0 Å². The average molecular weight is 365 g/mol. The molecule has 2 heterocycles. The van der Waals surface area contributed by atoms with Gasteiger partial charge >= 0.3 is 0 Å². The zero-order chi connectivity index (χ0) is 13.2. The molecule has 3 aromatic rings. The second-order valence-electron chi connectivity index (χ2n) is 4.20.